The summed E-state index contributed by atoms with van der Waals surface area (Å²) in [6, 6.07) is 8.99. The molecule has 1 aliphatic heterocycles. The van der Waals surface area contributed by atoms with Crippen LogP contribution in [0.4, 0.5) is 17.3 Å². The van der Waals surface area contributed by atoms with Gasteiger partial charge in [-0.25, -0.2) is 4.98 Å². The second kappa shape index (κ2) is 8.01. The van der Waals surface area contributed by atoms with Crippen molar-refractivity contribution in [1.29, 1.82) is 0 Å². The van der Waals surface area contributed by atoms with E-state index in [0.29, 0.717) is 60.7 Å². The number of non-ortho nitro benzene ring substituents is 1. The van der Waals surface area contributed by atoms with Crippen LogP contribution in [-0.4, -0.2) is 56.8 Å². The zero-order chi connectivity index (χ0) is 22.1. The smallest absolute Gasteiger partial charge is 0.273 e. The number of H-pyrrole nitrogens is 1. The molecule has 1 aromatic heterocycles. The molecule has 31 heavy (non-hydrogen) atoms. The minimum atomic E-state index is -0.484. The summed E-state index contributed by atoms with van der Waals surface area (Å²) in [6.07, 6.45) is 0.691. The lowest BCUT2D eigenvalue weighted by Crippen LogP contribution is -2.35. The van der Waals surface area contributed by atoms with Gasteiger partial charge in [0, 0.05) is 55.5 Å². The van der Waals surface area contributed by atoms with E-state index in [9.17, 15) is 25.0 Å². The van der Waals surface area contributed by atoms with Gasteiger partial charge < -0.3 is 14.8 Å². The van der Waals surface area contributed by atoms with Gasteiger partial charge in [-0.2, -0.15) is 0 Å². The Labute approximate surface area is 176 Å². The molecule has 0 radical (unpaired) electrons. The third kappa shape index (κ3) is 3.89. The highest BCUT2D eigenvalue weighted by Gasteiger charge is 2.25. The molecule has 0 saturated carbocycles. The van der Waals surface area contributed by atoms with Crippen LogP contribution >= 0.6 is 0 Å². The summed E-state index contributed by atoms with van der Waals surface area (Å²) in [5.74, 6) is 0.361. The van der Waals surface area contributed by atoms with Crippen LogP contribution in [0.1, 0.15) is 22.3 Å². The number of carbonyl (C=O) groups is 1. The van der Waals surface area contributed by atoms with E-state index < -0.39 is 9.85 Å². The Morgan fingerprint density at radius 1 is 1.06 bits per heavy atom. The predicted octanol–water partition coefficient (Wildman–Crippen LogP) is 3.04. The molecular formula is C20H20N6O5. The molecule has 1 saturated heterocycles. The van der Waals surface area contributed by atoms with Crippen LogP contribution in [0.25, 0.3) is 11.0 Å². The lowest BCUT2D eigenvalue weighted by molar-refractivity contribution is -0.385. The summed E-state index contributed by atoms with van der Waals surface area (Å²) in [5.41, 5.74) is 1.82. The first-order valence-electron chi connectivity index (χ1n) is 9.77. The molecular weight excluding hydrogens is 404 g/mol. The zero-order valence-corrected chi connectivity index (χ0v) is 16.8. The SMILES string of the molecule is Cc1c(C(=O)N2CCCN(c3nc4ccc([N+](=O)[O-])cc4[nH]3)CC2)cccc1[N+](=O)[O-]. The third-order valence-corrected chi connectivity index (χ3v) is 5.48. The average Bonchev–Trinajstić information content (AvgIpc) is 3.01. The number of nitrogens with zero attached hydrogens (tertiary/aromatic N) is 5. The van der Waals surface area contributed by atoms with E-state index >= 15 is 0 Å². The van der Waals surface area contributed by atoms with E-state index in [1.165, 1.54) is 24.3 Å². The Hall–Kier alpha value is -4.02. The first-order valence-corrected chi connectivity index (χ1v) is 9.77. The number of aromatic nitrogens is 2. The van der Waals surface area contributed by atoms with Gasteiger partial charge in [0.2, 0.25) is 5.95 Å². The fourth-order valence-corrected chi connectivity index (χ4v) is 3.80. The summed E-state index contributed by atoms with van der Waals surface area (Å²) in [6.45, 7) is 3.70. The molecule has 2 heterocycles. The number of hydrogen-bond donors (Lipinski definition) is 1. The highest BCUT2D eigenvalue weighted by molar-refractivity contribution is 5.96. The van der Waals surface area contributed by atoms with Gasteiger partial charge in [-0.3, -0.25) is 25.0 Å². The van der Waals surface area contributed by atoms with Crippen LogP contribution in [0.3, 0.4) is 0 Å². The lowest BCUT2D eigenvalue weighted by atomic mass is 10.1. The second-order valence-electron chi connectivity index (χ2n) is 7.36. The van der Waals surface area contributed by atoms with E-state index in [2.05, 4.69) is 9.97 Å². The maximum atomic E-state index is 13.0. The third-order valence-electron chi connectivity index (χ3n) is 5.48. The van der Waals surface area contributed by atoms with Crippen LogP contribution in [0.5, 0.6) is 0 Å². The molecule has 1 amide bonds. The summed E-state index contributed by atoms with van der Waals surface area (Å²) >= 11 is 0. The topological polar surface area (TPSA) is 139 Å². The lowest BCUT2D eigenvalue weighted by Gasteiger charge is -2.22. The van der Waals surface area contributed by atoms with Gasteiger partial charge in [0.25, 0.3) is 17.3 Å². The number of benzene rings is 2. The van der Waals surface area contributed by atoms with Crippen molar-refractivity contribution in [1.82, 2.24) is 14.9 Å². The fraction of sp³-hybridized carbons (Fsp3) is 0.300. The van der Waals surface area contributed by atoms with Gasteiger partial charge in [0.1, 0.15) is 0 Å². The first kappa shape index (κ1) is 20.3. The maximum absolute atomic E-state index is 13.0. The number of carbonyl (C=O) groups excluding carboxylic acids is 1. The van der Waals surface area contributed by atoms with Crippen molar-refractivity contribution >= 4 is 34.3 Å². The Balaban J connectivity index is 1.52. The normalized spacial score (nSPS) is 14.5. The van der Waals surface area contributed by atoms with Crippen molar-refractivity contribution in [3.05, 3.63) is 67.8 Å². The molecule has 3 aromatic rings. The van der Waals surface area contributed by atoms with Crippen molar-refractivity contribution in [3.63, 3.8) is 0 Å². The maximum Gasteiger partial charge on any atom is 0.273 e. The fourth-order valence-electron chi connectivity index (χ4n) is 3.80. The van der Waals surface area contributed by atoms with Gasteiger partial charge in [-0.15, -0.1) is 0 Å². The number of aromatic amines is 1. The summed E-state index contributed by atoms with van der Waals surface area (Å²) in [5, 5.41) is 22.2. The van der Waals surface area contributed by atoms with Gasteiger partial charge in [0.05, 0.1) is 20.9 Å². The molecule has 1 fully saturated rings. The van der Waals surface area contributed by atoms with Crippen LogP contribution in [0, 0.1) is 27.2 Å². The van der Waals surface area contributed by atoms with Crippen molar-refractivity contribution in [2.45, 2.75) is 13.3 Å². The van der Waals surface area contributed by atoms with E-state index in [1.807, 2.05) is 4.90 Å². The molecule has 0 atom stereocenters. The number of nitro groups is 2. The van der Waals surface area contributed by atoms with Crippen LogP contribution in [0.2, 0.25) is 0 Å². The largest absolute Gasteiger partial charge is 0.341 e. The van der Waals surface area contributed by atoms with Gasteiger partial charge >= 0.3 is 0 Å². The Bertz CT molecular complexity index is 1190. The van der Waals surface area contributed by atoms with Crippen molar-refractivity contribution < 1.29 is 14.6 Å². The summed E-state index contributed by atoms with van der Waals surface area (Å²) < 4.78 is 0. The highest BCUT2D eigenvalue weighted by Crippen LogP contribution is 2.25. The molecule has 0 bridgehead atoms. The zero-order valence-electron chi connectivity index (χ0n) is 16.8. The molecule has 11 heteroatoms. The minimum absolute atomic E-state index is 0.0114. The number of rotatable bonds is 4. The number of fused-ring (bicyclic) bond motifs is 1. The molecule has 1 aliphatic rings. The molecule has 11 nitrogen and oxygen atoms in total. The van der Waals surface area contributed by atoms with Gasteiger partial charge in [0.15, 0.2) is 0 Å². The number of nitrogens with one attached hydrogen (secondary N) is 1. The first-order chi connectivity index (χ1) is 14.8. The minimum Gasteiger partial charge on any atom is -0.341 e. The Morgan fingerprint density at radius 2 is 1.87 bits per heavy atom. The van der Waals surface area contributed by atoms with Crippen LogP contribution in [0.15, 0.2) is 36.4 Å². The number of imidazole rings is 1. The molecule has 2 aromatic carbocycles. The van der Waals surface area contributed by atoms with Crippen molar-refractivity contribution in [2.24, 2.45) is 0 Å². The molecule has 0 spiro atoms. The van der Waals surface area contributed by atoms with Crippen LogP contribution < -0.4 is 4.90 Å². The molecule has 1 N–H and O–H groups in total. The molecule has 0 aliphatic carbocycles. The Morgan fingerprint density at radius 3 is 2.61 bits per heavy atom. The Kier molecular flexibility index (Phi) is 5.24. The number of anilines is 1. The van der Waals surface area contributed by atoms with Gasteiger partial charge in [-0.1, -0.05) is 6.07 Å². The average molecular weight is 424 g/mol. The molecule has 160 valence electrons. The van der Waals surface area contributed by atoms with Crippen molar-refractivity contribution in [3.8, 4) is 0 Å². The van der Waals surface area contributed by atoms with E-state index in [0.717, 1.165) is 0 Å². The van der Waals surface area contributed by atoms with Crippen molar-refractivity contribution in [2.75, 3.05) is 31.1 Å². The number of amides is 1. The summed E-state index contributed by atoms with van der Waals surface area (Å²) in [7, 11) is 0. The standard InChI is InChI=1S/C20H20N6O5/c1-13-15(4-2-5-18(13)26(30)31)19(27)23-8-3-9-24(11-10-23)20-21-16-7-6-14(25(28)29)12-17(16)22-20/h2,4-7,12H,3,8-11H2,1H3,(H,21,22). The highest BCUT2D eigenvalue weighted by atomic mass is 16.6. The van der Waals surface area contributed by atoms with E-state index in [-0.39, 0.29) is 17.3 Å². The molecule has 4 rings (SSSR count). The predicted molar refractivity (Wildman–Crippen MR) is 113 cm³/mol. The second-order valence-corrected chi connectivity index (χ2v) is 7.36. The number of nitro benzene ring substituents is 2. The quantitative estimate of drug-likeness (QED) is 0.502. The number of hydrogen-bond acceptors (Lipinski definition) is 7. The van der Waals surface area contributed by atoms with E-state index in [4.69, 9.17) is 0 Å². The van der Waals surface area contributed by atoms with E-state index in [1.54, 1.807) is 24.0 Å². The monoisotopic (exact) mass is 424 g/mol. The molecule has 0 unspecified atom stereocenters. The van der Waals surface area contributed by atoms with Crippen LogP contribution in [-0.2, 0) is 0 Å². The summed E-state index contributed by atoms with van der Waals surface area (Å²) in [4.78, 5) is 45.6. The van der Waals surface area contributed by atoms with Gasteiger partial charge in [-0.05, 0) is 25.5 Å².